The molecule has 0 aliphatic heterocycles. The van der Waals surface area contributed by atoms with Crippen molar-refractivity contribution in [1.82, 2.24) is 9.97 Å². The van der Waals surface area contributed by atoms with Crippen LogP contribution in [0.15, 0.2) is 36.7 Å². The van der Waals surface area contributed by atoms with E-state index in [4.69, 9.17) is 5.73 Å². The van der Waals surface area contributed by atoms with Crippen LogP contribution in [0.1, 0.15) is 27.7 Å². The molecule has 0 fully saturated rings. The average Bonchev–Trinajstić information content (AvgIpc) is 2.76. The van der Waals surface area contributed by atoms with E-state index in [2.05, 4.69) is 35.9 Å². The summed E-state index contributed by atoms with van der Waals surface area (Å²) >= 11 is 1.72. The monoisotopic (exact) mass is 283 g/mol. The number of aryl methyl sites for hydroxylation is 2. The van der Waals surface area contributed by atoms with E-state index in [0.717, 1.165) is 22.5 Å². The summed E-state index contributed by atoms with van der Waals surface area (Å²) in [4.78, 5) is 11.2. The van der Waals surface area contributed by atoms with Gasteiger partial charge in [-0.1, -0.05) is 30.3 Å². The van der Waals surface area contributed by atoms with E-state index in [1.165, 1.54) is 15.8 Å². The van der Waals surface area contributed by atoms with E-state index in [0.29, 0.717) is 0 Å². The molecule has 0 amide bonds. The molecule has 1 unspecified atom stereocenters. The molecule has 3 aromatic rings. The number of hydrogen-bond acceptors (Lipinski definition) is 4. The normalized spacial score (nSPS) is 12.8. The van der Waals surface area contributed by atoms with Crippen molar-refractivity contribution in [2.75, 3.05) is 0 Å². The summed E-state index contributed by atoms with van der Waals surface area (Å²) in [6, 6.07) is 10.1. The summed E-state index contributed by atoms with van der Waals surface area (Å²) in [6.45, 7) is 4.26. The molecule has 0 aliphatic carbocycles. The van der Waals surface area contributed by atoms with Crippen molar-refractivity contribution >= 4 is 21.6 Å². The number of rotatable bonds is 3. The maximum Gasteiger partial charge on any atom is 0.127 e. The molecule has 3 nitrogen and oxygen atoms in total. The SMILES string of the molecule is Cc1sc2ncnc(CC(N)c3ccccc3)c2c1C. The Hall–Kier alpha value is -1.78. The van der Waals surface area contributed by atoms with Crippen molar-refractivity contribution in [2.45, 2.75) is 26.3 Å². The quantitative estimate of drug-likeness (QED) is 0.799. The first-order valence-electron chi connectivity index (χ1n) is 6.67. The second-order valence-corrected chi connectivity index (χ2v) is 6.21. The number of aromatic nitrogens is 2. The van der Waals surface area contributed by atoms with E-state index < -0.39 is 0 Å². The molecule has 0 saturated carbocycles. The van der Waals surface area contributed by atoms with Gasteiger partial charge in [0.2, 0.25) is 0 Å². The highest BCUT2D eigenvalue weighted by molar-refractivity contribution is 7.18. The highest BCUT2D eigenvalue weighted by Gasteiger charge is 2.15. The molecule has 102 valence electrons. The van der Waals surface area contributed by atoms with Crippen molar-refractivity contribution in [3.8, 4) is 0 Å². The molecule has 1 atom stereocenters. The van der Waals surface area contributed by atoms with Gasteiger partial charge >= 0.3 is 0 Å². The fourth-order valence-corrected chi connectivity index (χ4v) is 3.45. The Labute approximate surface area is 122 Å². The lowest BCUT2D eigenvalue weighted by Gasteiger charge is -2.12. The Morgan fingerprint density at radius 2 is 1.90 bits per heavy atom. The highest BCUT2D eigenvalue weighted by atomic mass is 32.1. The van der Waals surface area contributed by atoms with Crippen molar-refractivity contribution in [3.63, 3.8) is 0 Å². The maximum atomic E-state index is 6.32. The van der Waals surface area contributed by atoms with Gasteiger partial charge in [-0.25, -0.2) is 9.97 Å². The fraction of sp³-hybridized carbons (Fsp3) is 0.250. The molecule has 1 aromatic carbocycles. The van der Waals surface area contributed by atoms with E-state index in [-0.39, 0.29) is 6.04 Å². The van der Waals surface area contributed by atoms with Gasteiger partial charge in [-0.05, 0) is 25.0 Å². The molecule has 0 bridgehead atoms. The number of thiophene rings is 1. The molecule has 4 heteroatoms. The lowest BCUT2D eigenvalue weighted by Crippen LogP contribution is -2.14. The second-order valence-electron chi connectivity index (χ2n) is 5.01. The van der Waals surface area contributed by atoms with Crippen LogP contribution >= 0.6 is 11.3 Å². The average molecular weight is 283 g/mol. The van der Waals surface area contributed by atoms with Crippen molar-refractivity contribution < 1.29 is 0 Å². The van der Waals surface area contributed by atoms with Crippen LogP contribution in [0, 0.1) is 13.8 Å². The second kappa shape index (κ2) is 5.31. The molecule has 2 heterocycles. The van der Waals surface area contributed by atoms with Crippen LogP contribution in [-0.4, -0.2) is 9.97 Å². The minimum Gasteiger partial charge on any atom is -0.324 e. The minimum atomic E-state index is -0.0334. The maximum absolute atomic E-state index is 6.32. The Balaban J connectivity index is 1.99. The van der Waals surface area contributed by atoms with Crippen molar-refractivity contribution in [2.24, 2.45) is 5.73 Å². The first-order valence-corrected chi connectivity index (χ1v) is 7.48. The van der Waals surface area contributed by atoms with Crippen LogP contribution in [-0.2, 0) is 6.42 Å². The van der Waals surface area contributed by atoms with Gasteiger partial charge in [-0.15, -0.1) is 11.3 Å². The van der Waals surface area contributed by atoms with Crippen molar-refractivity contribution in [3.05, 3.63) is 58.4 Å². The molecule has 0 aliphatic rings. The van der Waals surface area contributed by atoms with Crippen LogP contribution in [0.25, 0.3) is 10.2 Å². The largest absolute Gasteiger partial charge is 0.324 e. The molecular formula is C16H17N3S. The van der Waals surface area contributed by atoms with Gasteiger partial charge in [-0.2, -0.15) is 0 Å². The van der Waals surface area contributed by atoms with E-state index in [1.807, 2.05) is 18.2 Å². The third-order valence-electron chi connectivity index (χ3n) is 3.68. The van der Waals surface area contributed by atoms with Crippen LogP contribution in [0.2, 0.25) is 0 Å². The first kappa shape index (κ1) is 13.2. The fourth-order valence-electron chi connectivity index (χ4n) is 2.44. The highest BCUT2D eigenvalue weighted by Crippen LogP contribution is 2.31. The molecule has 20 heavy (non-hydrogen) atoms. The third kappa shape index (κ3) is 2.32. The van der Waals surface area contributed by atoms with Gasteiger partial charge in [-0.3, -0.25) is 0 Å². The molecule has 2 N–H and O–H groups in total. The van der Waals surface area contributed by atoms with Gasteiger partial charge in [0.05, 0.1) is 5.69 Å². The molecular weight excluding hydrogens is 266 g/mol. The summed E-state index contributed by atoms with van der Waals surface area (Å²) in [5.74, 6) is 0. The van der Waals surface area contributed by atoms with E-state index >= 15 is 0 Å². The Kier molecular flexibility index (Phi) is 3.51. The first-order chi connectivity index (χ1) is 9.66. The predicted octanol–water partition coefficient (Wildman–Crippen LogP) is 3.55. The predicted molar refractivity (Wildman–Crippen MR) is 84.0 cm³/mol. The van der Waals surface area contributed by atoms with E-state index in [9.17, 15) is 0 Å². The summed E-state index contributed by atoms with van der Waals surface area (Å²) < 4.78 is 0. The number of nitrogens with two attached hydrogens (primary N) is 1. The summed E-state index contributed by atoms with van der Waals surface area (Å²) in [7, 11) is 0. The summed E-state index contributed by atoms with van der Waals surface area (Å²) in [6.07, 6.45) is 2.38. The molecule has 0 radical (unpaired) electrons. The standard InChI is InChI=1S/C16H17N3S/c1-10-11(2)20-16-15(10)14(18-9-19-16)8-13(17)12-6-4-3-5-7-12/h3-7,9,13H,8,17H2,1-2H3. The topological polar surface area (TPSA) is 51.8 Å². The number of fused-ring (bicyclic) bond motifs is 1. The lowest BCUT2D eigenvalue weighted by atomic mass is 10.0. The van der Waals surface area contributed by atoms with Crippen LogP contribution in [0.4, 0.5) is 0 Å². The number of nitrogens with zero attached hydrogens (tertiary/aromatic N) is 2. The van der Waals surface area contributed by atoms with Crippen LogP contribution in [0.3, 0.4) is 0 Å². The van der Waals surface area contributed by atoms with Gasteiger partial charge in [0.1, 0.15) is 11.2 Å². The van der Waals surface area contributed by atoms with Crippen LogP contribution in [0.5, 0.6) is 0 Å². The molecule has 3 rings (SSSR count). The summed E-state index contributed by atoms with van der Waals surface area (Å²) in [5, 5.41) is 1.18. The van der Waals surface area contributed by atoms with Gasteiger partial charge < -0.3 is 5.73 Å². The Morgan fingerprint density at radius 3 is 2.65 bits per heavy atom. The Bertz CT molecular complexity index is 734. The summed E-state index contributed by atoms with van der Waals surface area (Å²) in [5.41, 5.74) is 9.79. The number of hydrogen-bond donors (Lipinski definition) is 1. The zero-order valence-electron chi connectivity index (χ0n) is 11.6. The molecule has 2 aromatic heterocycles. The molecule has 0 saturated heterocycles. The smallest absolute Gasteiger partial charge is 0.127 e. The number of benzene rings is 1. The van der Waals surface area contributed by atoms with Gasteiger partial charge in [0.25, 0.3) is 0 Å². The van der Waals surface area contributed by atoms with Gasteiger partial charge in [0, 0.05) is 22.7 Å². The minimum absolute atomic E-state index is 0.0334. The van der Waals surface area contributed by atoms with Crippen molar-refractivity contribution in [1.29, 1.82) is 0 Å². The van der Waals surface area contributed by atoms with Crippen LogP contribution < -0.4 is 5.73 Å². The third-order valence-corrected chi connectivity index (χ3v) is 4.80. The lowest BCUT2D eigenvalue weighted by molar-refractivity contribution is 0.710. The van der Waals surface area contributed by atoms with E-state index in [1.54, 1.807) is 17.7 Å². The zero-order valence-corrected chi connectivity index (χ0v) is 12.4. The van der Waals surface area contributed by atoms with Gasteiger partial charge in [0.15, 0.2) is 0 Å². The Morgan fingerprint density at radius 1 is 1.15 bits per heavy atom. The molecule has 0 spiro atoms. The zero-order chi connectivity index (χ0) is 14.1.